The van der Waals surface area contributed by atoms with E-state index in [1.165, 1.54) is 0 Å². The summed E-state index contributed by atoms with van der Waals surface area (Å²) < 4.78 is 16.6. The Morgan fingerprint density at radius 3 is 2.50 bits per heavy atom. The van der Waals surface area contributed by atoms with E-state index in [0.29, 0.717) is 24.7 Å². The molecule has 168 valence electrons. The number of ether oxygens (including phenoxy) is 2. The van der Waals surface area contributed by atoms with Gasteiger partial charge in [0.25, 0.3) is 0 Å². The standard InChI is InChI=1S/C25H29N3O4/c1-17(2)25-26-24(27-32-25)19-7-11-21(12-8-19)31-22-14-15-28(16-22)23(29)13-6-18-4-9-20(30-3)10-5-18/h4-5,7-12,17,22H,6,13-16H2,1-3H3. The van der Waals surface area contributed by atoms with E-state index in [9.17, 15) is 4.79 Å². The molecule has 0 radical (unpaired) electrons. The highest BCUT2D eigenvalue weighted by molar-refractivity contribution is 5.76. The number of benzene rings is 2. The van der Waals surface area contributed by atoms with Crippen LogP contribution in [0.3, 0.4) is 0 Å². The van der Waals surface area contributed by atoms with Crippen molar-refractivity contribution in [3.8, 4) is 22.9 Å². The van der Waals surface area contributed by atoms with Crippen LogP contribution >= 0.6 is 0 Å². The number of amides is 1. The molecule has 1 aromatic heterocycles. The van der Waals surface area contributed by atoms with Crippen molar-refractivity contribution in [2.24, 2.45) is 0 Å². The Morgan fingerprint density at radius 1 is 1.12 bits per heavy atom. The average Bonchev–Trinajstić information content (AvgIpc) is 3.49. The molecule has 1 amide bonds. The number of likely N-dealkylation sites (tertiary alicyclic amines) is 1. The fraction of sp³-hybridized carbons (Fsp3) is 0.400. The molecule has 0 N–H and O–H groups in total. The Labute approximate surface area is 188 Å². The van der Waals surface area contributed by atoms with Gasteiger partial charge in [0.2, 0.25) is 17.6 Å². The van der Waals surface area contributed by atoms with E-state index in [2.05, 4.69) is 10.1 Å². The smallest absolute Gasteiger partial charge is 0.229 e. The van der Waals surface area contributed by atoms with E-state index in [1.54, 1.807) is 7.11 Å². The van der Waals surface area contributed by atoms with Crippen LogP contribution in [0, 0.1) is 0 Å². The van der Waals surface area contributed by atoms with Gasteiger partial charge in [0.05, 0.1) is 13.7 Å². The maximum absolute atomic E-state index is 12.6. The minimum atomic E-state index is 0.00325. The summed E-state index contributed by atoms with van der Waals surface area (Å²) >= 11 is 0. The van der Waals surface area contributed by atoms with E-state index in [0.717, 1.165) is 42.0 Å². The Kier molecular flexibility index (Phi) is 6.73. The van der Waals surface area contributed by atoms with Crippen LogP contribution in [0.2, 0.25) is 0 Å². The largest absolute Gasteiger partial charge is 0.497 e. The molecule has 1 atom stereocenters. The van der Waals surface area contributed by atoms with Crippen molar-refractivity contribution in [3.63, 3.8) is 0 Å². The number of rotatable bonds is 8. The fourth-order valence-corrected chi connectivity index (χ4v) is 3.71. The summed E-state index contributed by atoms with van der Waals surface area (Å²) in [5, 5.41) is 4.04. The Hall–Kier alpha value is -3.35. The maximum atomic E-state index is 12.6. The molecule has 0 saturated carbocycles. The zero-order valence-corrected chi connectivity index (χ0v) is 18.8. The lowest BCUT2D eigenvalue weighted by atomic mass is 10.1. The summed E-state index contributed by atoms with van der Waals surface area (Å²) in [6.07, 6.45) is 2.06. The first-order valence-electron chi connectivity index (χ1n) is 11.0. The molecule has 7 heteroatoms. The Bertz CT molecular complexity index is 1030. The summed E-state index contributed by atoms with van der Waals surface area (Å²) in [6.45, 7) is 5.38. The number of carbonyl (C=O) groups is 1. The quantitative estimate of drug-likeness (QED) is 0.519. The summed E-state index contributed by atoms with van der Waals surface area (Å²) in [5.41, 5.74) is 2.02. The number of hydrogen-bond donors (Lipinski definition) is 0. The predicted octanol–water partition coefficient (Wildman–Crippen LogP) is 4.48. The molecule has 32 heavy (non-hydrogen) atoms. The van der Waals surface area contributed by atoms with Gasteiger partial charge in [-0.1, -0.05) is 31.1 Å². The summed E-state index contributed by atoms with van der Waals surface area (Å²) in [4.78, 5) is 18.9. The number of aromatic nitrogens is 2. The lowest BCUT2D eigenvalue weighted by molar-refractivity contribution is -0.130. The van der Waals surface area contributed by atoms with Gasteiger partial charge >= 0.3 is 0 Å². The molecule has 3 aromatic rings. The van der Waals surface area contributed by atoms with E-state index < -0.39 is 0 Å². The molecule has 1 fully saturated rings. The van der Waals surface area contributed by atoms with Gasteiger partial charge in [-0.05, 0) is 48.4 Å². The highest BCUT2D eigenvalue weighted by Gasteiger charge is 2.27. The van der Waals surface area contributed by atoms with Crippen molar-refractivity contribution in [2.45, 2.75) is 45.1 Å². The molecule has 2 heterocycles. The minimum absolute atomic E-state index is 0.00325. The van der Waals surface area contributed by atoms with E-state index in [4.69, 9.17) is 14.0 Å². The normalized spacial score (nSPS) is 15.9. The molecule has 4 rings (SSSR count). The first-order chi connectivity index (χ1) is 15.5. The maximum Gasteiger partial charge on any atom is 0.229 e. The third-order valence-corrected chi connectivity index (χ3v) is 5.64. The fourth-order valence-electron chi connectivity index (χ4n) is 3.71. The molecule has 2 aromatic carbocycles. The molecule has 1 aliphatic rings. The summed E-state index contributed by atoms with van der Waals surface area (Å²) in [6, 6.07) is 15.5. The number of nitrogens with zero attached hydrogens (tertiary/aromatic N) is 3. The number of hydrogen-bond acceptors (Lipinski definition) is 6. The van der Waals surface area contributed by atoms with Crippen molar-refractivity contribution in [3.05, 3.63) is 60.0 Å². The third kappa shape index (κ3) is 5.28. The van der Waals surface area contributed by atoms with Gasteiger partial charge in [0, 0.05) is 30.9 Å². The van der Waals surface area contributed by atoms with Crippen LogP contribution in [-0.4, -0.2) is 47.3 Å². The first kappa shape index (κ1) is 21.9. The second kappa shape index (κ2) is 9.85. The second-order valence-corrected chi connectivity index (χ2v) is 8.35. The topological polar surface area (TPSA) is 77.7 Å². The zero-order valence-electron chi connectivity index (χ0n) is 18.8. The number of carbonyl (C=O) groups excluding carboxylic acids is 1. The van der Waals surface area contributed by atoms with Crippen molar-refractivity contribution < 1.29 is 18.8 Å². The minimum Gasteiger partial charge on any atom is -0.497 e. The second-order valence-electron chi connectivity index (χ2n) is 8.35. The monoisotopic (exact) mass is 435 g/mol. The molecule has 1 saturated heterocycles. The highest BCUT2D eigenvalue weighted by atomic mass is 16.5. The average molecular weight is 436 g/mol. The van der Waals surface area contributed by atoms with Gasteiger partial charge in [0.1, 0.15) is 17.6 Å². The Balaban J connectivity index is 1.26. The van der Waals surface area contributed by atoms with Gasteiger partial charge in [-0.25, -0.2) is 0 Å². The summed E-state index contributed by atoms with van der Waals surface area (Å²) in [7, 11) is 1.65. The molecule has 1 aliphatic heterocycles. The van der Waals surface area contributed by atoms with E-state index in [1.807, 2.05) is 67.3 Å². The van der Waals surface area contributed by atoms with Gasteiger partial charge in [-0.15, -0.1) is 0 Å². The molecular formula is C25H29N3O4. The predicted molar refractivity (Wildman–Crippen MR) is 121 cm³/mol. The van der Waals surface area contributed by atoms with Crippen LogP contribution in [0.25, 0.3) is 11.4 Å². The van der Waals surface area contributed by atoms with Crippen LogP contribution in [0.4, 0.5) is 0 Å². The lowest BCUT2D eigenvalue weighted by Crippen LogP contribution is -2.31. The lowest BCUT2D eigenvalue weighted by Gasteiger charge is -2.17. The molecule has 7 nitrogen and oxygen atoms in total. The van der Waals surface area contributed by atoms with Crippen LogP contribution in [-0.2, 0) is 11.2 Å². The van der Waals surface area contributed by atoms with Crippen LogP contribution in [0.1, 0.15) is 44.1 Å². The zero-order chi connectivity index (χ0) is 22.5. The Morgan fingerprint density at radius 2 is 1.84 bits per heavy atom. The van der Waals surface area contributed by atoms with Crippen LogP contribution in [0.15, 0.2) is 53.1 Å². The summed E-state index contributed by atoms with van der Waals surface area (Å²) in [5.74, 6) is 3.17. The number of aryl methyl sites for hydroxylation is 1. The number of methoxy groups -OCH3 is 1. The SMILES string of the molecule is COc1ccc(CCC(=O)N2CCC(Oc3ccc(-c4noc(C(C)C)n4)cc3)C2)cc1. The third-order valence-electron chi connectivity index (χ3n) is 5.64. The van der Waals surface area contributed by atoms with Crippen LogP contribution < -0.4 is 9.47 Å². The van der Waals surface area contributed by atoms with Gasteiger partial charge in [-0.3, -0.25) is 4.79 Å². The van der Waals surface area contributed by atoms with Gasteiger partial charge in [-0.2, -0.15) is 4.98 Å². The van der Waals surface area contributed by atoms with Crippen molar-refractivity contribution in [1.29, 1.82) is 0 Å². The van der Waals surface area contributed by atoms with Gasteiger partial charge in [0.15, 0.2) is 0 Å². The highest BCUT2D eigenvalue weighted by Crippen LogP contribution is 2.24. The molecule has 0 bridgehead atoms. The van der Waals surface area contributed by atoms with Gasteiger partial charge < -0.3 is 18.9 Å². The van der Waals surface area contributed by atoms with Crippen molar-refractivity contribution in [1.82, 2.24) is 15.0 Å². The first-order valence-corrected chi connectivity index (χ1v) is 11.0. The molecule has 0 aliphatic carbocycles. The van der Waals surface area contributed by atoms with Crippen LogP contribution in [0.5, 0.6) is 11.5 Å². The van der Waals surface area contributed by atoms with Crippen molar-refractivity contribution >= 4 is 5.91 Å². The van der Waals surface area contributed by atoms with E-state index >= 15 is 0 Å². The molecular weight excluding hydrogens is 406 g/mol. The molecule has 0 spiro atoms. The molecule has 1 unspecified atom stereocenters. The van der Waals surface area contributed by atoms with Crippen molar-refractivity contribution in [2.75, 3.05) is 20.2 Å². The van der Waals surface area contributed by atoms with E-state index in [-0.39, 0.29) is 17.9 Å².